The number of amides is 1. The van der Waals surface area contributed by atoms with Crippen molar-refractivity contribution < 1.29 is 14.3 Å². The van der Waals surface area contributed by atoms with Crippen LogP contribution in [0.1, 0.15) is 16.8 Å². The molecule has 0 bridgehead atoms. The third-order valence-corrected chi connectivity index (χ3v) is 4.77. The first-order valence-electron chi connectivity index (χ1n) is 8.78. The zero-order valence-corrected chi connectivity index (χ0v) is 14.1. The zero-order valence-electron chi connectivity index (χ0n) is 14.1. The second kappa shape index (κ2) is 7.05. The molecule has 0 radical (unpaired) electrons. The lowest BCUT2D eigenvalue weighted by Crippen LogP contribution is -2.31. The Hall–Kier alpha value is -2.69. The molecule has 25 heavy (non-hydrogen) atoms. The van der Waals surface area contributed by atoms with E-state index in [1.54, 1.807) is 6.07 Å². The Balaban J connectivity index is 1.36. The molecule has 0 unspecified atom stereocenters. The summed E-state index contributed by atoms with van der Waals surface area (Å²) in [5, 5.41) is 3.06. The molecule has 4 rings (SSSR count). The summed E-state index contributed by atoms with van der Waals surface area (Å²) in [6.07, 6.45) is 1.09. The van der Waals surface area contributed by atoms with Gasteiger partial charge in [-0.2, -0.15) is 0 Å². The molecular weight excluding hydrogens is 316 g/mol. The molecule has 0 aliphatic carbocycles. The maximum atomic E-state index is 12.6. The van der Waals surface area contributed by atoms with Gasteiger partial charge in [0.2, 0.25) is 0 Å². The van der Waals surface area contributed by atoms with E-state index in [4.69, 9.17) is 9.47 Å². The standard InChI is InChI=1S/C20H22N2O3/c23-20(17-7-4-8-18-19(17)25-12-11-24-18)21-13-15-9-10-22(14-15)16-5-2-1-3-6-16/h1-8,15H,9-14H2,(H,21,23)/t15-/m1/s1. The van der Waals surface area contributed by atoms with Gasteiger partial charge in [0.25, 0.3) is 5.91 Å². The Morgan fingerprint density at radius 1 is 1.08 bits per heavy atom. The summed E-state index contributed by atoms with van der Waals surface area (Å²) in [6, 6.07) is 15.9. The molecule has 5 heteroatoms. The molecule has 1 atom stereocenters. The summed E-state index contributed by atoms with van der Waals surface area (Å²) in [6.45, 7) is 3.67. The van der Waals surface area contributed by atoms with Gasteiger partial charge in [-0.15, -0.1) is 0 Å². The Kier molecular flexibility index (Phi) is 4.46. The number of nitrogens with zero attached hydrogens (tertiary/aromatic N) is 1. The van der Waals surface area contributed by atoms with Gasteiger partial charge in [-0.25, -0.2) is 0 Å². The van der Waals surface area contributed by atoms with Gasteiger partial charge >= 0.3 is 0 Å². The molecule has 2 aromatic carbocycles. The van der Waals surface area contributed by atoms with Crippen LogP contribution in [0.2, 0.25) is 0 Å². The first-order chi connectivity index (χ1) is 12.3. The normalized spacial score (nSPS) is 18.9. The minimum Gasteiger partial charge on any atom is -0.486 e. The molecule has 1 saturated heterocycles. The fraction of sp³-hybridized carbons (Fsp3) is 0.350. The lowest BCUT2D eigenvalue weighted by atomic mass is 10.1. The van der Waals surface area contributed by atoms with Crippen molar-refractivity contribution in [3.8, 4) is 11.5 Å². The number of benzene rings is 2. The Labute approximate surface area is 147 Å². The van der Waals surface area contributed by atoms with Crippen LogP contribution in [0, 0.1) is 5.92 Å². The van der Waals surface area contributed by atoms with E-state index in [-0.39, 0.29) is 5.91 Å². The van der Waals surface area contributed by atoms with Crippen LogP contribution in [-0.4, -0.2) is 38.8 Å². The van der Waals surface area contributed by atoms with Crippen LogP contribution >= 0.6 is 0 Å². The van der Waals surface area contributed by atoms with Crippen LogP contribution in [0.3, 0.4) is 0 Å². The number of anilines is 1. The number of rotatable bonds is 4. The van der Waals surface area contributed by atoms with Crippen molar-refractivity contribution in [1.29, 1.82) is 0 Å². The van der Waals surface area contributed by atoms with Gasteiger partial charge in [0.15, 0.2) is 11.5 Å². The Morgan fingerprint density at radius 3 is 2.80 bits per heavy atom. The summed E-state index contributed by atoms with van der Waals surface area (Å²) < 4.78 is 11.2. The monoisotopic (exact) mass is 338 g/mol. The highest BCUT2D eigenvalue weighted by Gasteiger charge is 2.25. The number of fused-ring (bicyclic) bond motifs is 1. The summed E-state index contributed by atoms with van der Waals surface area (Å²) >= 11 is 0. The van der Waals surface area contributed by atoms with Gasteiger partial charge < -0.3 is 19.7 Å². The molecular formula is C20H22N2O3. The molecule has 0 aromatic heterocycles. The molecule has 2 aromatic rings. The Morgan fingerprint density at radius 2 is 1.92 bits per heavy atom. The van der Waals surface area contributed by atoms with Crippen molar-refractivity contribution in [2.75, 3.05) is 37.7 Å². The molecule has 2 aliphatic rings. The van der Waals surface area contributed by atoms with Crippen LogP contribution in [-0.2, 0) is 0 Å². The van der Waals surface area contributed by atoms with Crippen molar-refractivity contribution in [2.45, 2.75) is 6.42 Å². The molecule has 1 N–H and O–H groups in total. The van der Waals surface area contributed by atoms with Crippen LogP contribution in [0.15, 0.2) is 48.5 Å². The van der Waals surface area contributed by atoms with Crippen molar-refractivity contribution in [3.63, 3.8) is 0 Å². The molecule has 1 amide bonds. The maximum absolute atomic E-state index is 12.6. The molecule has 0 saturated carbocycles. The first-order valence-corrected chi connectivity index (χ1v) is 8.78. The van der Waals surface area contributed by atoms with Gasteiger partial charge in [0.05, 0.1) is 5.56 Å². The summed E-state index contributed by atoms with van der Waals surface area (Å²) in [5.41, 5.74) is 1.80. The lowest BCUT2D eigenvalue weighted by Gasteiger charge is -2.21. The summed E-state index contributed by atoms with van der Waals surface area (Å²) in [5.74, 6) is 1.57. The second-order valence-electron chi connectivity index (χ2n) is 6.48. The fourth-order valence-corrected chi connectivity index (χ4v) is 3.46. The molecule has 1 fully saturated rings. The van der Waals surface area contributed by atoms with E-state index in [1.807, 2.05) is 18.2 Å². The number of para-hydroxylation sites is 2. The predicted octanol–water partition coefficient (Wildman–Crippen LogP) is 2.71. The minimum absolute atomic E-state index is 0.0967. The molecule has 130 valence electrons. The largest absolute Gasteiger partial charge is 0.486 e. The van der Waals surface area contributed by atoms with E-state index < -0.39 is 0 Å². The first kappa shape index (κ1) is 15.8. The molecule has 0 spiro atoms. The molecule has 2 heterocycles. The predicted molar refractivity (Wildman–Crippen MR) is 96.5 cm³/mol. The van der Waals surface area contributed by atoms with Crippen LogP contribution in [0.25, 0.3) is 0 Å². The number of hydrogen-bond donors (Lipinski definition) is 1. The highest BCUT2D eigenvalue weighted by atomic mass is 16.6. The lowest BCUT2D eigenvalue weighted by molar-refractivity contribution is 0.0937. The second-order valence-corrected chi connectivity index (χ2v) is 6.48. The van der Waals surface area contributed by atoms with E-state index in [1.165, 1.54) is 5.69 Å². The average Bonchev–Trinajstić information content (AvgIpc) is 3.15. The molecule has 5 nitrogen and oxygen atoms in total. The van der Waals surface area contributed by atoms with E-state index in [2.05, 4.69) is 34.5 Å². The number of hydrogen-bond acceptors (Lipinski definition) is 4. The van der Waals surface area contributed by atoms with Gasteiger partial charge in [-0.1, -0.05) is 24.3 Å². The van der Waals surface area contributed by atoms with Crippen LogP contribution in [0.5, 0.6) is 11.5 Å². The van der Waals surface area contributed by atoms with E-state index >= 15 is 0 Å². The fourth-order valence-electron chi connectivity index (χ4n) is 3.46. The van der Waals surface area contributed by atoms with E-state index in [0.29, 0.717) is 42.7 Å². The number of carbonyl (C=O) groups is 1. The van der Waals surface area contributed by atoms with Crippen molar-refractivity contribution in [1.82, 2.24) is 5.32 Å². The number of ether oxygens (including phenoxy) is 2. The van der Waals surface area contributed by atoms with Crippen LogP contribution < -0.4 is 19.7 Å². The highest BCUT2D eigenvalue weighted by molar-refractivity contribution is 5.97. The minimum atomic E-state index is -0.0967. The van der Waals surface area contributed by atoms with Crippen LogP contribution in [0.4, 0.5) is 5.69 Å². The van der Waals surface area contributed by atoms with Gasteiger partial charge in [0.1, 0.15) is 13.2 Å². The van der Waals surface area contributed by atoms with Crippen molar-refractivity contribution in [2.24, 2.45) is 5.92 Å². The number of nitrogens with one attached hydrogen (secondary N) is 1. The van der Waals surface area contributed by atoms with Gasteiger partial charge in [0, 0.05) is 25.3 Å². The van der Waals surface area contributed by atoms with Crippen molar-refractivity contribution in [3.05, 3.63) is 54.1 Å². The third kappa shape index (κ3) is 3.40. The van der Waals surface area contributed by atoms with Crippen molar-refractivity contribution >= 4 is 11.6 Å². The average molecular weight is 338 g/mol. The molecule has 2 aliphatic heterocycles. The summed E-state index contributed by atoms with van der Waals surface area (Å²) in [4.78, 5) is 14.9. The summed E-state index contributed by atoms with van der Waals surface area (Å²) in [7, 11) is 0. The smallest absolute Gasteiger partial charge is 0.255 e. The Bertz CT molecular complexity index is 748. The zero-order chi connectivity index (χ0) is 17.1. The van der Waals surface area contributed by atoms with Gasteiger partial charge in [-0.05, 0) is 36.6 Å². The van der Waals surface area contributed by atoms with Gasteiger partial charge in [-0.3, -0.25) is 4.79 Å². The number of carbonyl (C=O) groups excluding carboxylic acids is 1. The quantitative estimate of drug-likeness (QED) is 0.931. The van der Waals surface area contributed by atoms with E-state index in [9.17, 15) is 4.79 Å². The maximum Gasteiger partial charge on any atom is 0.255 e. The van der Waals surface area contributed by atoms with E-state index in [0.717, 1.165) is 19.5 Å². The SMILES string of the molecule is O=C(NC[C@H]1CCN(c2ccccc2)C1)c1cccc2c1OCCO2. The topological polar surface area (TPSA) is 50.8 Å². The third-order valence-electron chi connectivity index (χ3n) is 4.77. The highest BCUT2D eigenvalue weighted by Crippen LogP contribution is 2.33.